The van der Waals surface area contributed by atoms with Gasteiger partial charge in [0.15, 0.2) is 0 Å². The van der Waals surface area contributed by atoms with Gasteiger partial charge in [0.05, 0.1) is 7.11 Å². The van der Waals surface area contributed by atoms with E-state index in [1.807, 2.05) is 36.9 Å². The van der Waals surface area contributed by atoms with Crippen LogP contribution in [0.25, 0.3) is 22.7 Å². The maximum atomic E-state index is 6.14. The number of fused-ring (bicyclic) bond motifs is 20. The van der Waals surface area contributed by atoms with Gasteiger partial charge in [-0.15, -0.1) is 0 Å². The lowest BCUT2D eigenvalue weighted by molar-refractivity contribution is -0.739. The van der Waals surface area contributed by atoms with E-state index in [1.54, 1.807) is 7.11 Å². The lowest BCUT2D eigenvalue weighted by atomic mass is 10.1. The van der Waals surface area contributed by atoms with E-state index in [9.17, 15) is 0 Å². The fraction of sp³-hybridized carbons (Fsp3) is 0.317. The van der Waals surface area contributed by atoms with Gasteiger partial charge in [-0.1, -0.05) is 169 Å². The molecule has 8 aromatic carbocycles. The predicted octanol–water partition coefficient (Wildman–Crippen LogP) is 11.6. The van der Waals surface area contributed by atoms with Crippen molar-refractivity contribution < 1.29 is 42.0 Å². The number of nitrogens with zero attached hydrogens (tertiary/aromatic N) is 12. The van der Waals surface area contributed by atoms with Crippen LogP contribution in [-0.4, -0.2) is 70.6 Å². The zero-order valence-corrected chi connectivity index (χ0v) is 58.0. The van der Waals surface area contributed by atoms with Gasteiger partial charge in [0.25, 0.3) is 0 Å². The molecule has 0 saturated carbocycles. The molecule has 0 amide bonds. The Labute approximate surface area is 577 Å². The normalized spacial score (nSPS) is 20.9. The first-order valence-corrected chi connectivity index (χ1v) is 34.8. The number of benzene rings is 8. The van der Waals surface area contributed by atoms with E-state index in [1.165, 1.54) is 100 Å². The third kappa shape index (κ3) is 11.1. The molecule has 12 aromatic rings. The van der Waals surface area contributed by atoms with Crippen LogP contribution in [0.3, 0.4) is 0 Å². The number of hydrogen-bond acceptors (Lipinski definition) is 9. The maximum Gasteiger partial charge on any atom is 0.304 e. The molecule has 8 heterocycles. The van der Waals surface area contributed by atoms with Crippen molar-refractivity contribution in [3.63, 3.8) is 0 Å². The van der Waals surface area contributed by atoms with Gasteiger partial charge >= 0.3 is 23.3 Å². The van der Waals surface area contributed by atoms with E-state index in [2.05, 4.69) is 245 Å². The molecule has 0 radical (unpaired) electrons. The number of hydrogen-bond donors (Lipinski definition) is 0. The number of aromatic nitrogens is 12. The van der Waals surface area contributed by atoms with Crippen LogP contribution in [0, 0.1) is 62.3 Å². The Bertz CT molecular complexity index is 4950. The molecule has 4 aliphatic carbocycles. The summed E-state index contributed by atoms with van der Waals surface area (Å²) in [4.78, 5) is 0. The van der Waals surface area contributed by atoms with E-state index in [4.69, 9.17) is 44.1 Å². The van der Waals surface area contributed by atoms with E-state index < -0.39 is 0 Å². The van der Waals surface area contributed by atoms with Gasteiger partial charge in [-0.25, -0.2) is 18.3 Å². The highest BCUT2D eigenvalue weighted by Gasteiger charge is 2.48. The summed E-state index contributed by atoms with van der Waals surface area (Å²) in [7, 11) is 1.69. The van der Waals surface area contributed by atoms with Crippen molar-refractivity contribution >= 4 is 0 Å². The van der Waals surface area contributed by atoms with Gasteiger partial charge in [0, 0.05) is 46.1 Å². The van der Waals surface area contributed by atoms with Crippen molar-refractivity contribution in [2.24, 2.45) is 0 Å². The van der Waals surface area contributed by atoms with Crippen molar-refractivity contribution in [3.05, 3.63) is 301 Å². The molecule has 0 N–H and O–H groups in total. The van der Waals surface area contributed by atoms with E-state index in [-0.39, 0.29) is 48.6 Å². The molecule has 0 saturated heterocycles. The van der Waals surface area contributed by atoms with Crippen LogP contribution in [0.4, 0.5) is 0 Å². The predicted molar refractivity (Wildman–Crippen MR) is 372 cm³/mol. The van der Waals surface area contributed by atoms with Crippen molar-refractivity contribution in [1.29, 1.82) is 0 Å². The summed E-state index contributed by atoms with van der Waals surface area (Å²) in [6, 6.07) is 57.0. The van der Waals surface area contributed by atoms with Gasteiger partial charge in [-0.2, -0.15) is 0 Å². The average Bonchev–Trinajstić information content (AvgIpc) is 1.62. The van der Waals surface area contributed by atoms with Crippen molar-refractivity contribution in [1.82, 2.24) is 39.1 Å². The molecule has 0 spiro atoms. The molecule has 0 bridgehead atoms. The van der Waals surface area contributed by atoms with Crippen LogP contribution < -0.4 is 23.0 Å². The van der Waals surface area contributed by atoms with Crippen LogP contribution in [0.1, 0.15) is 142 Å². The summed E-state index contributed by atoms with van der Waals surface area (Å²) in [5.74, 6) is 4.81. The summed E-state index contributed by atoms with van der Waals surface area (Å²) >= 11 is 0. The van der Waals surface area contributed by atoms with Gasteiger partial charge in [0.1, 0.15) is 104 Å². The molecule has 0 fully saturated rings. The fourth-order valence-electron chi connectivity index (χ4n) is 17.3. The van der Waals surface area contributed by atoms with E-state index in [0.717, 1.165) is 71.7 Å². The molecule has 4 aromatic heterocycles. The second-order valence-corrected chi connectivity index (χ2v) is 28.3. The first-order valence-electron chi connectivity index (χ1n) is 34.8. The lowest BCUT2D eigenvalue weighted by Gasteiger charge is -2.23. The number of aryl methyl sites for hydroxylation is 9. The quantitative estimate of drug-likeness (QED) is 0.154. The third-order valence-corrected chi connectivity index (χ3v) is 21.5. The number of ether oxygens (including phenoxy) is 5. The van der Waals surface area contributed by atoms with Crippen LogP contribution in [0.2, 0.25) is 0 Å². The molecular formula is C82H84N12O5+4. The average molecular weight is 1320 g/mol. The van der Waals surface area contributed by atoms with Gasteiger partial charge in [-0.3, -0.25) is 0 Å². The zero-order valence-electron chi connectivity index (χ0n) is 58.0. The molecule has 8 unspecified atom stereocenters. The van der Waals surface area contributed by atoms with Crippen LogP contribution in [-0.2, 0) is 71.1 Å². The van der Waals surface area contributed by atoms with Crippen LogP contribution in [0.5, 0.6) is 5.75 Å². The lowest BCUT2D eigenvalue weighted by Crippen LogP contribution is -2.51. The Morgan fingerprint density at radius 2 is 0.626 bits per heavy atom. The van der Waals surface area contributed by atoms with Crippen molar-refractivity contribution in [3.8, 4) is 28.5 Å². The topological polar surface area (TPSA) is 133 Å². The Morgan fingerprint density at radius 3 is 0.949 bits per heavy atom. The summed E-state index contributed by atoms with van der Waals surface area (Å²) in [6.45, 7) is 21.5. The molecule has 8 atom stereocenters. The largest absolute Gasteiger partial charge is 0.497 e. The molecule has 4 aliphatic heterocycles. The Balaban J connectivity index is 0.0000000990. The smallest absolute Gasteiger partial charge is 0.304 e. The van der Waals surface area contributed by atoms with Crippen LogP contribution in [0.15, 0.2) is 183 Å². The number of methoxy groups -OCH3 is 1. The summed E-state index contributed by atoms with van der Waals surface area (Å²) in [5, 5.41) is 19.3. The van der Waals surface area contributed by atoms with E-state index >= 15 is 0 Å². The summed E-state index contributed by atoms with van der Waals surface area (Å²) in [5.41, 5.74) is 26.8. The summed E-state index contributed by atoms with van der Waals surface area (Å²) < 4.78 is 47.1. The van der Waals surface area contributed by atoms with Crippen LogP contribution >= 0.6 is 0 Å². The van der Waals surface area contributed by atoms with Gasteiger partial charge in [-0.05, 0) is 164 Å². The summed E-state index contributed by atoms with van der Waals surface area (Å²) in [6.07, 6.45) is 13.3. The van der Waals surface area contributed by atoms with E-state index in [0.29, 0.717) is 26.4 Å². The maximum absolute atomic E-state index is 6.14. The fourth-order valence-corrected chi connectivity index (χ4v) is 17.3. The van der Waals surface area contributed by atoms with Crippen molar-refractivity contribution in [2.45, 2.75) is 163 Å². The SMILES string of the molecule is COc1ccc(-n2c[n+]3c(n2)COC2Cc4ccccc4C23)c(C)c1.Cc1cc(C)c(-n2c[n+]3c(n2)COC2Cc4ccccc4C23)c(C)c1.Cc1cc(C)c(-n2c[n+]3c(n2)COC2Cc4ccccc4C23)c(C)c1.Cc1ccc(-n2c[n+]3c(n2)COC2Cc4ccccc4C23)c(C)c1. The Hall–Kier alpha value is -10.0. The molecule has 17 heteroatoms. The van der Waals surface area contributed by atoms with Gasteiger partial charge in [0.2, 0.25) is 25.3 Å². The first-order chi connectivity index (χ1) is 48.2. The highest BCUT2D eigenvalue weighted by Crippen LogP contribution is 2.40. The second kappa shape index (κ2) is 25.0. The van der Waals surface area contributed by atoms with Crippen molar-refractivity contribution in [2.75, 3.05) is 7.11 Å². The van der Waals surface area contributed by atoms with Gasteiger partial charge < -0.3 is 23.7 Å². The number of rotatable bonds is 5. The minimum atomic E-state index is 0.199. The molecule has 17 nitrogen and oxygen atoms in total. The molecular weight excluding hydrogens is 1230 g/mol. The Kier molecular flexibility index (Phi) is 15.8. The minimum Gasteiger partial charge on any atom is -0.497 e. The first kappa shape index (κ1) is 62.5. The molecule has 99 heavy (non-hydrogen) atoms. The highest BCUT2D eigenvalue weighted by atomic mass is 16.5. The molecule has 20 rings (SSSR count). The Morgan fingerprint density at radius 1 is 0.333 bits per heavy atom. The standard InChI is InChI=1S/2C21H22N3O.C20H20N3O2.C20H20N3O/c2*1-13-8-14(2)20(15(3)9-13)24-12-23-19(22-24)11-25-18-10-16-6-4-5-7-17(16)21(18)23;1-13-9-15(24-2)7-8-17(13)23-12-22-19(21-23)11-25-18-10-14-5-3-4-6-16(14)20(18)22;1-13-7-8-17(14(2)9-13)23-12-22-19(21-23)11-24-18-10-15-5-3-4-6-16(15)20(18)22/h2*4-9,12,18,21H,10-11H2,1-3H3;3-9,12,18,20H,10-11H2,1-2H3;3-9,12,18,20H,10-11H2,1-2H3/q4*+1. The molecule has 498 valence electrons. The monoisotopic (exact) mass is 1320 g/mol. The second-order valence-electron chi connectivity index (χ2n) is 28.3. The molecule has 8 aliphatic rings. The third-order valence-electron chi connectivity index (χ3n) is 21.5. The minimum absolute atomic E-state index is 0.199. The zero-order chi connectivity index (χ0) is 67.5. The highest BCUT2D eigenvalue weighted by molar-refractivity contribution is 5.50.